The van der Waals surface area contributed by atoms with E-state index in [4.69, 9.17) is 15.9 Å². The van der Waals surface area contributed by atoms with Gasteiger partial charge in [0.15, 0.2) is 5.92 Å². The number of anilines is 1. The number of carboxylic acid groups (broad SMARTS) is 2. The van der Waals surface area contributed by atoms with Gasteiger partial charge < -0.3 is 20.8 Å². The number of hydrogen-bond acceptors (Lipinski definition) is 4. The highest BCUT2D eigenvalue weighted by Crippen LogP contribution is 2.38. The third-order valence-corrected chi connectivity index (χ3v) is 6.31. The highest BCUT2D eigenvalue weighted by atomic mass is 16.4. The molecule has 1 saturated heterocycles. The molecule has 0 aliphatic carbocycles. The molecule has 7 nitrogen and oxygen atoms in total. The van der Waals surface area contributed by atoms with Crippen LogP contribution >= 0.6 is 0 Å². The number of hydrogen-bond donors (Lipinski definition) is 3. The van der Waals surface area contributed by atoms with Gasteiger partial charge in [0.25, 0.3) is 0 Å². The van der Waals surface area contributed by atoms with Crippen molar-refractivity contribution < 1.29 is 24.6 Å². The molecule has 2 aromatic rings. The lowest BCUT2D eigenvalue weighted by Gasteiger charge is -2.33. The first-order chi connectivity index (χ1) is 15.3. The Morgan fingerprint density at radius 2 is 1.53 bits per heavy atom. The van der Waals surface area contributed by atoms with Gasteiger partial charge >= 0.3 is 11.9 Å². The molecule has 0 bridgehead atoms. The Kier molecular flexibility index (Phi) is 7.51. The summed E-state index contributed by atoms with van der Waals surface area (Å²) in [5.74, 6) is -5.43. The number of primary amides is 1. The van der Waals surface area contributed by atoms with E-state index in [1.54, 1.807) is 24.3 Å². The summed E-state index contributed by atoms with van der Waals surface area (Å²) in [6.45, 7) is 3.99. The van der Waals surface area contributed by atoms with E-state index in [9.17, 15) is 14.4 Å². The molecule has 1 aliphatic rings. The SMILES string of the molecule is CC(c1ccccc1N1CCCCC1)C(C(N)=O)c1ccc(CC(C(=O)O)C(=O)O)cc1. The molecule has 1 fully saturated rings. The Morgan fingerprint density at radius 3 is 2.09 bits per heavy atom. The number of rotatable bonds is 9. The van der Waals surface area contributed by atoms with Crippen LogP contribution in [0.25, 0.3) is 0 Å². The Bertz CT molecular complexity index is 953. The van der Waals surface area contributed by atoms with Crippen molar-refractivity contribution in [3.8, 4) is 0 Å². The summed E-state index contributed by atoms with van der Waals surface area (Å²) in [5.41, 5.74) is 9.33. The number of nitrogens with zero attached hydrogens (tertiary/aromatic N) is 1. The van der Waals surface area contributed by atoms with Crippen LogP contribution in [0.1, 0.15) is 54.7 Å². The number of carbonyl (C=O) groups is 3. The van der Waals surface area contributed by atoms with Gasteiger partial charge in [-0.1, -0.05) is 49.4 Å². The summed E-state index contributed by atoms with van der Waals surface area (Å²) in [6, 6.07) is 14.9. The highest BCUT2D eigenvalue weighted by Gasteiger charge is 2.30. The highest BCUT2D eigenvalue weighted by molar-refractivity contribution is 5.93. The molecule has 0 radical (unpaired) electrons. The Morgan fingerprint density at radius 1 is 0.938 bits per heavy atom. The second kappa shape index (κ2) is 10.3. The summed E-state index contributed by atoms with van der Waals surface area (Å²) >= 11 is 0. The Balaban J connectivity index is 1.87. The van der Waals surface area contributed by atoms with E-state index in [-0.39, 0.29) is 12.3 Å². The van der Waals surface area contributed by atoms with Crippen LogP contribution in [-0.2, 0) is 20.8 Å². The summed E-state index contributed by atoms with van der Waals surface area (Å²) in [5, 5.41) is 18.2. The van der Waals surface area contributed by atoms with Crippen molar-refractivity contribution in [3.05, 3.63) is 65.2 Å². The fourth-order valence-electron chi connectivity index (χ4n) is 4.55. The first-order valence-corrected chi connectivity index (χ1v) is 11.0. The molecule has 4 N–H and O–H groups in total. The third-order valence-electron chi connectivity index (χ3n) is 6.31. The van der Waals surface area contributed by atoms with Crippen LogP contribution in [0.3, 0.4) is 0 Å². The quantitative estimate of drug-likeness (QED) is 0.516. The normalized spacial score (nSPS) is 15.9. The summed E-state index contributed by atoms with van der Waals surface area (Å²) in [6.07, 6.45) is 3.41. The molecular formula is C25H30N2O5. The minimum atomic E-state index is -1.51. The number of aliphatic carboxylic acids is 2. The van der Waals surface area contributed by atoms with E-state index in [0.29, 0.717) is 5.56 Å². The fourth-order valence-corrected chi connectivity index (χ4v) is 4.55. The molecule has 0 aromatic heterocycles. The van der Waals surface area contributed by atoms with Crippen molar-refractivity contribution in [3.63, 3.8) is 0 Å². The van der Waals surface area contributed by atoms with Gasteiger partial charge in [-0.25, -0.2) is 0 Å². The summed E-state index contributed by atoms with van der Waals surface area (Å²) < 4.78 is 0. The number of carbonyl (C=O) groups excluding carboxylic acids is 1. The lowest BCUT2D eigenvalue weighted by atomic mass is 9.80. The van der Waals surface area contributed by atoms with Crippen LogP contribution in [-0.4, -0.2) is 41.1 Å². The van der Waals surface area contributed by atoms with Crippen molar-refractivity contribution in [2.75, 3.05) is 18.0 Å². The lowest BCUT2D eigenvalue weighted by Crippen LogP contribution is -2.32. The third kappa shape index (κ3) is 5.28. The molecule has 2 unspecified atom stereocenters. The van der Waals surface area contributed by atoms with E-state index < -0.39 is 29.7 Å². The van der Waals surface area contributed by atoms with E-state index in [0.717, 1.165) is 42.7 Å². The van der Waals surface area contributed by atoms with Gasteiger partial charge in [-0.15, -0.1) is 0 Å². The average molecular weight is 439 g/mol. The van der Waals surface area contributed by atoms with Crippen LogP contribution in [0.4, 0.5) is 5.69 Å². The van der Waals surface area contributed by atoms with E-state index in [1.165, 1.54) is 6.42 Å². The van der Waals surface area contributed by atoms with Gasteiger partial charge in [-0.05, 0) is 54.4 Å². The van der Waals surface area contributed by atoms with E-state index in [2.05, 4.69) is 11.0 Å². The van der Waals surface area contributed by atoms with Crippen molar-refractivity contribution in [2.45, 2.75) is 44.4 Å². The largest absolute Gasteiger partial charge is 0.481 e. The second-order valence-electron chi connectivity index (χ2n) is 8.45. The van der Waals surface area contributed by atoms with Crippen molar-refractivity contribution in [2.24, 2.45) is 11.7 Å². The van der Waals surface area contributed by atoms with Gasteiger partial charge in [0, 0.05) is 18.8 Å². The van der Waals surface area contributed by atoms with Gasteiger partial charge in [-0.2, -0.15) is 0 Å². The van der Waals surface area contributed by atoms with Crippen molar-refractivity contribution >= 4 is 23.5 Å². The van der Waals surface area contributed by atoms with Crippen LogP contribution in [0.5, 0.6) is 0 Å². The van der Waals surface area contributed by atoms with E-state index >= 15 is 0 Å². The fraction of sp³-hybridized carbons (Fsp3) is 0.400. The van der Waals surface area contributed by atoms with Crippen LogP contribution in [0, 0.1) is 5.92 Å². The molecule has 2 aromatic carbocycles. The predicted molar refractivity (Wildman–Crippen MR) is 122 cm³/mol. The summed E-state index contributed by atoms with van der Waals surface area (Å²) in [7, 11) is 0. The standard InChI is InChI=1S/C25H30N2O5/c1-16(19-7-3-4-8-21(19)27-13-5-2-6-14-27)22(23(26)28)18-11-9-17(10-12-18)15-20(24(29)30)25(31)32/h3-4,7-12,16,20,22H,2,5-6,13-15H2,1H3,(H2,26,28)(H,29,30)(H,31,32). The minimum absolute atomic E-state index is 0.125. The van der Waals surface area contributed by atoms with Crippen LogP contribution < -0.4 is 10.6 Å². The zero-order chi connectivity index (χ0) is 23.3. The molecule has 7 heteroatoms. The van der Waals surface area contributed by atoms with Crippen LogP contribution in [0.2, 0.25) is 0 Å². The van der Waals surface area contributed by atoms with Crippen LogP contribution in [0.15, 0.2) is 48.5 Å². The molecule has 32 heavy (non-hydrogen) atoms. The Hall–Kier alpha value is -3.35. The molecule has 170 valence electrons. The monoisotopic (exact) mass is 438 g/mol. The number of carboxylic acids is 2. The van der Waals surface area contributed by atoms with E-state index in [1.807, 2.05) is 25.1 Å². The van der Waals surface area contributed by atoms with Gasteiger partial charge in [0.2, 0.25) is 5.91 Å². The molecule has 2 atom stereocenters. The maximum atomic E-state index is 12.5. The molecule has 0 spiro atoms. The summed E-state index contributed by atoms with van der Waals surface area (Å²) in [4.78, 5) is 37.2. The average Bonchev–Trinajstić information content (AvgIpc) is 2.78. The topological polar surface area (TPSA) is 121 Å². The first kappa shape index (κ1) is 23.3. The van der Waals surface area contributed by atoms with Crippen molar-refractivity contribution in [1.29, 1.82) is 0 Å². The maximum Gasteiger partial charge on any atom is 0.318 e. The molecule has 1 heterocycles. The van der Waals surface area contributed by atoms with Gasteiger partial charge in [-0.3, -0.25) is 14.4 Å². The van der Waals surface area contributed by atoms with Gasteiger partial charge in [0.1, 0.15) is 0 Å². The maximum absolute atomic E-state index is 12.5. The molecular weight excluding hydrogens is 408 g/mol. The smallest absolute Gasteiger partial charge is 0.318 e. The van der Waals surface area contributed by atoms with Gasteiger partial charge in [0.05, 0.1) is 5.92 Å². The lowest BCUT2D eigenvalue weighted by molar-refractivity contribution is -0.154. The minimum Gasteiger partial charge on any atom is -0.481 e. The number of piperidine rings is 1. The number of nitrogens with two attached hydrogens (primary N) is 1. The Labute approximate surface area is 187 Å². The molecule has 3 rings (SSSR count). The molecule has 0 saturated carbocycles. The zero-order valence-electron chi connectivity index (χ0n) is 18.2. The first-order valence-electron chi connectivity index (χ1n) is 11.0. The molecule has 1 amide bonds. The number of amides is 1. The number of benzene rings is 2. The zero-order valence-corrected chi connectivity index (χ0v) is 18.2. The van der Waals surface area contributed by atoms with Crippen molar-refractivity contribution in [1.82, 2.24) is 0 Å². The number of para-hydroxylation sites is 1. The predicted octanol–water partition coefficient (Wildman–Crippen LogP) is 3.38. The second-order valence-corrected chi connectivity index (χ2v) is 8.45. The molecule has 1 aliphatic heterocycles.